The summed E-state index contributed by atoms with van der Waals surface area (Å²) in [4.78, 5) is 75.6. The molecule has 0 spiro atoms. The Morgan fingerprint density at radius 3 is 2.45 bits per heavy atom. The SMILES string of the molecule is O=C1CCC(N2C(=O)c3ccc(N4CC(N5CC(C#Cc6nc(NCCc7ccc([N+](=O)[O-])cc7)c7ccccc7n6)C5)C4)cc3C2=O)C(=O)N1. The number of hydrogen-bond acceptors (Lipinski definition) is 11. The number of nitro groups is 1. The molecule has 2 N–H and O–H groups in total. The minimum absolute atomic E-state index is 0.0668. The van der Waals surface area contributed by atoms with Gasteiger partial charge in [-0.15, -0.1) is 0 Å². The van der Waals surface area contributed by atoms with Gasteiger partial charge in [-0.25, -0.2) is 9.97 Å². The first-order valence-corrected chi connectivity index (χ1v) is 16.8. The highest BCUT2D eigenvalue weighted by Crippen LogP contribution is 2.34. The van der Waals surface area contributed by atoms with Crippen LogP contribution in [0.4, 0.5) is 17.2 Å². The monoisotopic (exact) mass is 684 g/mol. The lowest BCUT2D eigenvalue weighted by Crippen LogP contribution is -2.65. The number of anilines is 2. The van der Waals surface area contributed by atoms with Crippen molar-refractivity contribution in [3.05, 3.63) is 99.4 Å². The number of fused-ring (bicyclic) bond motifs is 2. The first-order chi connectivity index (χ1) is 24.7. The van der Waals surface area contributed by atoms with Crippen LogP contribution in [0.1, 0.15) is 44.9 Å². The molecule has 3 fully saturated rings. The summed E-state index contributed by atoms with van der Waals surface area (Å²) >= 11 is 0. The Morgan fingerprint density at radius 1 is 0.922 bits per heavy atom. The number of amides is 4. The molecule has 5 heterocycles. The Hall–Kier alpha value is -6.20. The van der Waals surface area contributed by atoms with E-state index in [4.69, 9.17) is 4.98 Å². The number of non-ortho nitro benzene ring substituents is 1. The summed E-state index contributed by atoms with van der Waals surface area (Å²) in [6.45, 7) is 3.80. The number of nitrogens with one attached hydrogen (secondary N) is 2. The van der Waals surface area contributed by atoms with Crippen LogP contribution in [0.25, 0.3) is 10.9 Å². The van der Waals surface area contributed by atoms with Crippen LogP contribution in [-0.2, 0) is 16.0 Å². The molecule has 256 valence electrons. The summed E-state index contributed by atoms with van der Waals surface area (Å²) in [5.41, 5.74) is 3.24. The number of nitro benzene ring substituents is 1. The molecule has 4 aliphatic rings. The predicted molar refractivity (Wildman–Crippen MR) is 186 cm³/mol. The Kier molecular flexibility index (Phi) is 8.12. The van der Waals surface area contributed by atoms with Gasteiger partial charge in [-0.3, -0.25) is 44.4 Å². The Balaban J connectivity index is 0.856. The van der Waals surface area contributed by atoms with E-state index in [1.54, 1.807) is 24.3 Å². The van der Waals surface area contributed by atoms with E-state index in [0.29, 0.717) is 30.6 Å². The number of hydrogen-bond donors (Lipinski definition) is 2. The van der Waals surface area contributed by atoms with Gasteiger partial charge in [0, 0.05) is 74.3 Å². The fourth-order valence-corrected chi connectivity index (χ4v) is 7.00. The second-order valence-electron chi connectivity index (χ2n) is 13.2. The van der Waals surface area contributed by atoms with Crippen LogP contribution in [0.3, 0.4) is 0 Å². The number of carbonyl (C=O) groups is 4. The maximum absolute atomic E-state index is 13.2. The van der Waals surface area contributed by atoms with Crippen LogP contribution in [0, 0.1) is 27.9 Å². The van der Waals surface area contributed by atoms with Crippen molar-refractivity contribution in [2.45, 2.75) is 31.3 Å². The van der Waals surface area contributed by atoms with E-state index in [0.717, 1.165) is 53.2 Å². The normalized spacial score (nSPS) is 19.3. The van der Waals surface area contributed by atoms with Gasteiger partial charge < -0.3 is 10.2 Å². The Labute approximate surface area is 292 Å². The molecule has 4 aliphatic heterocycles. The summed E-state index contributed by atoms with van der Waals surface area (Å²) < 4.78 is 0. The molecule has 14 nitrogen and oxygen atoms in total. The molecule has 51 heavy (non-hydrogen) atoms. The number of para-hydroxylation sites is 1. The minimum atomic E-state index is -0.984. The van der Waals surface area contributed by atoms with Gasteiger partial charge in [0.25, 0.3) is 17.5 Å². The summed E-state index contributed by atoms with van der Waals surface area (Å²) in [6, 6.07) is 18.9. The highest BCUT2D eigenvalue weighted by Gasteiger charge is 2.45. The van der Waals surface area contributed by atoms with Crippen molar-refractivity contribution in [1.82, 2.24) is 25.1 Å². The standard InChI is InChI=1S/C37H32N8O6/c46-33-14-12-31(35(47)41-33)44-36(48)27-11-10-25(17-29(27)37(44)49)43-20-26(21-43)42-18-23(19-42)7-13-32-39-30-4-2-1-3-28(30)34(40-32)38-16-15-22-5-8-24(9-6-22)45(50)51/h1-6,8-11,17,23,26,31H,12,14-16,18-21H2,(H,38,39,40)(H,41,46,47). The quantitative estimate of drug-likeness (QED) is 0.121. The third-order valence-electron chi connectivity index (χ3n) is 9.92. The van der Waals surface area contributed by atoms with Crippen LogP contribution in [-0.4, -0.2) is 93.1 Å². The number of imide groups is 2. The third kappa shape index (κ3) is 6.12. The predicted octanol–water partition coefficient (Wildman–Crippen LogP) is 2.77. The first kappa shape index (κ1) is 32.0. The van der Waals surface area contributed by atoms with Gasteiger partial charge in [0.15, 0.2) is 0 Å². The molecular weight excluding hydrogens is 652 g/mol. The molecule has 4 amide bonds. The third-order valence-corrected chi connectivity index (χ3v) is 9.92. The Bertz CT molecular complexity index is 2180. The molecule has 0 radical (unpaired) electrons. The Morgan fingerprint density at radius 2 is 1.69 bits per heavy atom. The van der Waals surface area contributed by atoms with E-state index in [1.807, 2.05) is 30.3 Å². The molecule has 1 aromatic heterocycles. The second-order valence-corrected chi connectivity index (χ2v) is 13.2. The van der Waals surface area contributed by atoms with Crippen LogP contribution in [0.5, 0.6) is 0 Å². The molecule has 0 saturated carbocycles. The van der Waals surface area contributed by atoms with Crippen molar-refractivity contribution in [2.75, 3.05) is 42.9 Å². The van der Waals surface area contributed by atoms with E-state index in [1.165, 1.54) is 12.1 Å². The first-order valence-electron chi connectivity index (χ1n) is 16.8. The molecule has 0 aliphatic carbocycles. The van der Waals surface area contributed by atoms with Crippen molar-refractivity contribution in [1.29, 1.82) is 0 Å². The van der Waals surface area contributed by atoms with E-state index in [-0.39, 0.29) is 35.6 Å². The average Bonchev–Trinajstić information content (AvgIpc) is 3.33. The lowest BCUT2D eigenvalue weighted by molar-refractivity contribution is -0.384. The summed E-state index contributed by atoms with van der Waals surface area (Å²) in [6.07, 6.45) is 0.874. The molecule has 0 bridgehead atoms. The molecule has 3 aromatic carbocycles. The van der Waals surface area contributed by atoms with Crippen molar-refractivity contribution in [3.8, 4) is 11.8 Å². The smallest absolute Gasteiger partial charge is 0.269 e. The highest BCUT2D eigenvalue weighted by molar-refractivity contribution is 6.23. The fraction of sp³-hybridized carbons (Fsp3) is 0.297. The number of aromatic nitrogens is 2. The zero-order valence-corrected chi connectivity index (χ0v) is 27.4. The molecule has 4 aromatic rings. The molecule has 14 heteroatoms. The number of nitrogens with zero attached hydrogens (tertiary/aromatic N) is 6. The van der Waals surface area contributed by atoms with E-state index in [2.05, 4.69) is 37.3 Å². The van der Waals surface area contributed by atoms with Crippen molar-refractivity contribution in [3.63, 3.8) is 0 Å². The lowest BCUT2D eigenvalue weighted by Gasteiger charge is -2.51. The number of likely N-dealkylation sites (tertiary alicyclic amines) is 1. The highest BCUT2D eigenvalue weighted by atomic mass is 16.6. The molecule has 1 atom stereocenters. The van der Waals surface area contributed by atoms with Gasteiger partial charge in [-0.05, 0) is 54.7 Å². The van der Waals surface area contributed by atoms with E-state index < -0.39 is 34.6 Å². The number of carbonyl (C=O) groups excluding carboxylic acids is 4. The van der Waals surface area contributed by atoms with Crippen molar-refractivity contribution >= 4 is 51.7 Å². The number of benzene rings is 3. The van der Waals surface area contributed by atoms with E-state index >= 15 is 0 Å². The van der Waals surface area contributed by atoms with Crippen LogP contribution >= 0.6 is 0 Å². The van der Waals surface area contributed by atoms with Crippen LogP contribution in [0.2, 0.25) is 0 Å². The largest absolute Gasteiger partial charge is 0.369 e. The van der Waals surface area contributed by atoms with Gasteiger partial charge in [-0.2, -0.15) is 0 Å². The van der Waals surface area contributed by atoms with Crippen LogP contribution in [0.15, 0.2) is 66.7 Å². The van der Waals surface area contributed by atoms with Gasteiger partial charge in [-0.1, -0.05) is 30.2 Å². The zero-order chi connectivity index (χ0) is 35.2. The lowest BCUT2D eigenvalue weighted by atomic mass is 9.94. The molecular formula is C37H32N8O6. The van der Waals surface area contributed by atoms with Crippen molar-refractivity contribution in [2.24, 2.45) is 5.92 Å². The topological polar surface area (TPSA) is 171 Å². The zero-order valence-electron chi connectivity index (χ0n) is 27.4. The van der Waals surface area contributed by atoms with Gasteiger partial charge in [0.2, 0.25) is 17.6 Å². The van der Waals surface area contributed by atoms with E-state index in [9.17, 15) is 29.3 Å². The van der Waals surface area contributed by atoms with Gasteiger partial charge in [0.1, 0.15) is 11.9 Å². The number of piperidine rings is 1. The fourth-order valence-electron chi connectivity index (χ4n) is 7.00. The van der Waals surface area contributed by atoms with Crippen LogP contribution < -0.4 is 15.5 Å². The molecule has 3 saturated heterocycles. The average molecular weight is 685 g/mol. The summed E-state index contributed by atoms with van der Waals surface area (Å²) in [5.74, 6) is 5.81. The minimum Gasteiger partial charge on any atom is -0.369 e. The summed E-state index contributed by atoms with van der Waals surface area (Å²) in [5, 5.41) is 17.4. The second kappa shape index (κ2) is 12.9. The molecule has 8 rings (SSSR count). The van der Waals surface area contributed by atoms with Gasteiger partial charge >= 0.3 is 0 Å². The number of rotatable bonds is 8. The van der Waals surface area contributed by atoms with Gasteiger partial charge in [0.05, 0.1) is 21.6 Å². The maximum Gasteiger partial charge on any atom is 0.269 e. The molecule has 1 unspecified atom stereocenters. The maximum atomic E-state index is 13.2. The summed E-state index contributed by atoms with van der Waals surface area (Å²) in [7, 11) is 0. The van der Waals surface area contributed by atoms with Crippen molar-refractivity contribution < 1.29 is 24.1 Å².